The predicted molar refractivity (Wildman–Crippen MR) is 128 cm³/mol. The summed E-state index contributed by atoms with van der Waals surface area (Å²) in [6, 6.07) is 17.3. The molecule has 1 amide bonds. The number of anilines is 1. The number of carbonyl (C=O) groups excluding carboxylic acids is 1. The summed E-state index contributed by atoms with van der Waals surface area (Å²) in [6.45, 7) is 7.36. The molecule has 0 aliphatic carbocycles. The van der Waals surface area contributed by atoms with Crippen LogP contribution in [0.2, 0.25) is 0 Å². The molecule has 0 atom stereocenters. The minimum atomic E-state index is -0.392. The average molecular weight is 431 g/mol. The Balaban J connectivity index is 1.72. The zero-order valence-electron chi connectivity index (χ0n) is 18.5. The van der Waals surface area contributed by atoms with E-state index in [9.17, 15) is 15.0 Å². The molecule has 3 rings (SSSR count). The Morgan fingerprint density at radius 2 is 1.34 bits per heavy atom. The first-order chi connectivity index (χ1) is 15.2. The fraction of sp³-hybridized carbons (Fsp3) is 0.160. The third-order valence-electron chi connectivity index (χ3n) is 4.89. The van der Waals surface area contributed by atoms with Crippen molar-refractivity contribution < 1.29 is 15.0 Å². The first-order valence-corrected chi connectivity index (χ1v) is 10.1. The van der Waals surface area contributed by atoms with Gasteiger partial charge in [-0.1, -0.05) is 29.3 Å². The average Bonchev–Trinajstić information content (AvgIpc) is 2.79. The van der Waals surface area contributed by atoms with Crippen LogP contribution in [-0.2, 0) is 0 Å². The van der Waals surface area contributed by atoms with Crippen molar-refractivity contribution in [2.24, 2.45) is 10.2 Å². The summed E-state index contributed by atoms with van der Waals surface area (Å²) in [4.78, 5) is 12.5. The summed E-state index contributed by atoms with van der Waals surface area (Å²) in [5, 5.41) is 28.5. The molecular weight excluding hydrogens is 404 g/mol. The maximum absolute atomic E-state index is 12.5. The van der Waals surface area contributed by atoms with Crippen molar-refractivity contribution in [3.63, 3.8) is 0 Å². The highest BCUT2D eigenvalue weighted by Crippen LogP contribution is 2.20. The number of nitrogens with zero attached hydrogens (tertiary/aromatic N) is 2. The molecule has 3 aromatic rings. The Labute approximate surface area is 187 Å². The number of hydrazone groups is 2. The second-order valence-electron chi connectivity index (χ2n) is 7.57. The highest BCUT2D eigenvalue weighted by atomic mass is 16.3. The van der Waals surface area contributed by atoms with Crippen LogP contribution >= 0.6 is 0 Å². The topological polar surface area (TPSA) is 106 Å². The van der Waals surface area contributed by atoms with Crippen LogP contribution < -0.4 is 10.9 Å². The maximum atomic E-state index is 12.5. The van der Waals surface area contributed by atoms with Crippen molar-refractivity contribution in [3.8, 4) is 11.5 Å². The number of hydrogen-bond acceptors (Lipinski definition) is 6. The molecule has 0 heterocycles. The van der Waals surface area contributed by atoms with E-state index >= 15 is 0 Å². The van der Waals surface area contributed by atoms with Crippen molar-refractivity contribution in [3.05, 3.63) is 88.5 Å². The lowest BCUT2D eigenvalue weighted by Gasteiger charge is -2.08. The van der Waals surface area contributed by atoms with Crippen LogP contribution in [0.25, 0.3) is 0 Å². The SMILES string of the molecule is C/C(=N\NC(=O)c1cccc(N/N=C(\C)c2cc(C)ccc2O)c1)c1cc(C)ccc1O. The van der Waals surface area contributed by atoms with Gasteiger partial charge in [-0.05, 0) is 70.2 Å². The summed E-state index contributed by atoms with van der Waals surface area (Å²) in [5.74, 6) is -0.137. The van der Waals surface area contributed by atoms with Gasteiger partial charge in [-0.15, -0.1) is 0 Å². The second kappa shape index (κ2) is 9.78. The van der Waals surface area contributed by atoms with Crippen LogP contribution in [-0.4, -0.2) is 27.5 Å². The van der Waals surface area contributed by atoms with Gasteiger partial charge in [0.2, 0.25) is 0 Å². The first-order valence-electron chi connectivity index (χ1n) is 10.1. The fourth-order valence-electron chi connectivity index (χ4n) is 3.08. The molecule has 4 N–H and O–H groups in total. The van der Waals surface area contributed by atoms with Gasteiger partial charge in [-0.25, -0.2) is 5.43 Å². The van der Waals surface area contributed by atoms with Gasteiger partial charge >= 0.3 is 0 Å². The summed E-state index contributed by atoms with van der Waals surface area (Å²) in [5.41, 5.74) is 10.7. The van der Waals surface area contributed by atoms with Gasteiger partial charge in [0, 0.05) is 16.7 Å². The van der Waals surface area contributed by atoms with Crippen molar-refractivity contribution >= 4 is 23.0 Å². The summed E-state index contributed by atoms with van der Waals surface area (Å²) in [6.07, 6.45) is 0. The Hall–Kier alpha value is -4.13. The zero-order chi connectivity index (χ0) is 23.3. The predicted octanol–water partition coefficient (Wildman–Crippen LogP) is 4.70. The Bertz CT molecular complexity index is 1220. The number of benzene rings is 3. The number of aromatic hydroxyl groups is 2. The van der Waals surface area contributed by atoms with Gasteiger partial charge in [0.25, 0.3) is 5.91 Å². The summed E-state index contributed by atoms with van der Waals surface area (Å²) >= 11 is 0. The van der Waals surface area contributed by atoms with Gasteiger partial charge in [-0.2, -0.15) is 10.2 Å². The van der Waals surface area contributed by atoms with E-state index in [0.717, 1.165) is 11.1 Å². The normalized spacial score (nSPS) is 11.9. The number of carbonyl (C=O) groups is 1. The molecule has 0 aliphatic rings. The van der Waals surface area contributed by atoms with E-state index in [0.29, 0.717) is 33.8 Å². The van der Waals surface area contributed by atoms with E-state index in [1.165, 1.54) is 0 Å². The van der Waals surface area contributed by atoms with Gasteiger partial charge in [0.1, 0.15) is 11.5 Å². The Morgan fingerprint density at radius 1 is 0.781 bits per heavy atom. The molecule has 0 aromatic heterocycles. The highest BCUT2D eigenvalue weighted by Gasteiger charge is 2.09. The minimum absolute atomic E-state index is 0.102. The zero-order valence-corrected chi connectivity index (χ0v) is 18.5. The molecule has 3 aromatic carbocycles. The molecule has 7 heteroatoms. The lowest BCUT2D eigenvalue weighted by Crippen LogP contribution is -2.19. The van der Waals surface area contributed by atoms with E-state index in [4.69, 9.17) is 0 Å². The molecule has 164 valence electrons. The number of phenols is 2. The quantitative estimate of drug-likeness (QED) is 0.336. The van der Waals surface area contributed by atoms with Crippen molar-refractivity contribution in [1.29, 1.82) is 0 Å². The molecule has 32 heavy (non-hydrogen) atoms. The van der Waals surface area contributed by atoms with Crippen LogP contribution in [0.4, 0.5) is 5.69 Å². The number of rotatable bonds is 6. The van der Waals surface area contributed by atoms with Crippen molar-refractivity contribution in [2.45, 2.75) is 27.7 Å². The largest absolute Gasteiger partial charge is 0.507 e. The third-order valence-corrected chi connectivity index (χ3v) is 4.89. The first kappa shape index (κ1) is 22.6. The van der Waals surface area contributed by atoms with E-state index in [1.807, 2.05) is 26.0 Å². The lowest BCUT2D eigenvalue weighted by atomic mass is 10.1. The van der Waals surface area contributed by atoms with Gasteiger partial charge in [-0.3, -0.25) is 10.2 Å². The molecule has 0 fully saturated rings. The monoisotopic (exact) mass is 430 g/mol. The number of hydrogen-bond donors (Lipinski definition) is 4. The van der Waals surface area contributed by atoms with E-state index < -0.39 is 5.91 Å². The maximum Gasteiger partial charge on any atom is 0.271 e. The molecule has 0 bridgehead atoms. The van der Waals surface area contributed by atoms with E-state index in [-0.39, 0.29) is 11.5 Å². The number of aryl methyl sites for hydroxylation is 2. The van der Waals surface area contributed by atoms with Crippen LogP contribution in [0, 0.1) is 13.8 Å². The molecule has 0 unspecified atom stereocenters. The second-order valence-corrected chi connectivity index (χ2v) is 7.57. The molecule has 0 aliphatic heterocycles. The standard InChI is InChI=1S/C25H26N4O3/c1-15-8-10-23(30)21(12-15)17(3)26-28-20-7-5-6-19(14-20)25(32)29-27-18(4)22-13-16(2)9-11-24(22)31/h5-14,28,30-31H,1-4H3,(H,29,32)/b26-17+,27-18+. The number of nitrogens with one attached hydrogen (secondary N) is 2. The van der Waals surface area contributed by atoms with Gasteiger partial charge in [0.05, 0.1) is 17.1 Å². The molecule has 0 radical (unpaired) electrons. The fourth-order valence-corrected chi connectivity index (χ4v) is 3.08. The molecule has 0 saturated carbocycles. The smallest absolute Gasteiger partial charge is 0.271 e. The van der Waals surface area contributed by atoms with Crippen LogP contribution in [0.15, 0.2) is 70.9 Å². The lowest BCUT2D eigenvalue weighted by molar-refractivity contribution is 0.0955. The Kier molecular flexibility index (Phi) is 6.90. The summed E-state index contributed by atoms with van der Waals surface area (Å²) in [7, 11) is 0. The van der Waals surface area contributed by atoms with E-state index in [2.05, 4.69) is 21.1 Å². The molecular formula is C25H26N4O3. The van der Waals surface area contributed by atoms with Crippen molar-refractivity contribution in [2.75, 3.05) is 5.43 Å². The van der Waals surface area contributed by atoms with Gasteiger partial charge < -0.3 is 10.2 Å². The van der Waals surface area contributed by atoms with Crippen molar-refractivity contribution in [1.82, 2.24) is 5.43 Å². The van der Waals surface area contributed by atoms with Gasteiger partial charge in [0.15, 0.2) is 0 Å². The van der Waals surface area contributed by atoms with Crippen LogP contribution in [0.3, 0.4) is 0 Å². The number of phenolic OH excluding ortho intramolecular Hbond substituents is 2. The van der Waals surface area contributed by atoms with Crippen LogP contribution in [0.5, 0.6) is 11.5 Å². The third kappa shape index (κ3) is 5.51. The molecule has 0 saturated heterocycles. The summed E-state index contributed by atoms with van der Waals surface area (Å²) < 4.78 is 0. The molecule has 0 spiro atoms. The number of amides is 1. The molecule has 7 nitrogen and oxygen atoms in total. The highest BCUT2D eigenvalue weighted by molar-refractivity contribution is 6.03. The minimum Gasteiger partial charge on any atom is -0.507 e. The Morgan fingerprint density at radius 3 is 1.94 bits per heavy atom. The van der Waals surface area contributed by atoms with Crippen LogP contribution in [0.1, 0.15) is 46.5 Å². The van der Waals surface area contributed by atoms with E-state index in [1.54, 1.807) is 62.4 Å².